The van der Waals surface area contributed by atoms with Crippen LogP contribution in [0.3, 0.4) is 0 Å². The largest absolute Gasteiger partial charge is 0.292 e. The molecule has 0 radical (unpaired) electrons. The Bertz CT molecular complexity index is 493. The summed E-state index contributed by atoms with van der Waals surface area (Å²) in [5, 5.41) is 0. The molecule has 0 aromatic heterocycles. The van der Waals surface area contributed by atoms with Crippen LogP contribution in [0.1, 0.15) is 44.2 Å². The molecule has 19 heavy (non-hydrogen) atoms. The van der Waals surface area contributed by atoms with Gasteiger partial charge in [-0.15, -0.1) is 0 Å². The molecule has 1 aromatic carbocycles. The SMILES string of the molecule is C[C@H](/N=C1/C2CCN(CC2)C12CC2)c1ccccc1. The molecule has 4 aliphatic rings. The van der Waals surface area contributed by atoms with Gasteiger partial charge in [0.25, 0.3) is 0 Å². The summed E-state index contributed by atoms with van der Waals surface area (Å²) in [6, 6.07) is 11.0. The van der Waals surface area contributed by atoms with Gasteiger partial charge in [0.2, 0.25) is 0 Å². The van der Waals surface area contributed by atoms with Crippen LogP contribution in [-0.4, -0.2) is 29.2 Å². The van der Waals surface area contributed by atoms with Crippen molar-refractivity contribution < 1.29 is 0 Å². The molecule has 0 N–H and O–H groups in total. The average Bonchev–Trinajstić information content (AvgIpc) is 3.25. The van der Waals surface area contributed by atoms with Crippen LogP contribution < -0.4 is 0 Å². The highest BCUT2D eigenvalue weighted by atomic mass is 15.3. The number of hydrogen-bond acceptors (Lipinski definition) is 2. The number of rotatable bonds is 2. The van der Waals surface area contributed by atoms with Crippen LogP contribution in [0.4, 0.5) is 0 Å². The first-order chi connectivity index (χ1) is 9.29. The lowest BCUT2D eigenvalue weighted by molar-refractivity contribution is 0.131. The van der Waals surface area contributed by atoms with E-state index in [1.807, 2.05) is 0 Å². The molecule has 5 rings (SSSR count). The van der Waals surface area contributed by atoms with Crippen LogP contribution in [0.15, 0.2) is 35.3 Å². The topological polar surface area (TPSA) is 15.6 Å². The van der Waals surface area contributed by atoms with Crippen molar-refractivity contribution in [2.75, 3.05) is 13.1 Å². The van der Waals surface area contributed by atoms with E-state index in [9.17, 15) is 0 Å². The fourth-order valence-electron chi connectivity index (χ4n) is 4.05. The second-order valence-electron chi connectivity index (χ2n) is 6.39. The van der Waals surface area contributed by atoms with Gasteiger partial charge in [0.15, 0.2) is 0 Å². The molecule has 1 saturated carbocycles. The van der Waals surface area contributed by atoms with E-state index in [0.717, 1.165) is 5.92 Å². The van der Waals surface area contributed by atoms with Crippen LogP contribution in [0.25, 0.3) is 0 Å². The zero-order valence-electron chi connectivity index (χ0n) is 11.7. The van der Waals surface area contributed by atoms with Crippen LogP contribution in [0.5, 0.6) is 0 Å². The zero-order chi connectivity index (χ0) is 12.9. The normalized spacial score (nSPS) is 34.7. The molecule has 3 saturated heterocycles. The van der Waals surface area contributed by atoms with Crippen molar-refractivity contribution in [3.05, 3.63) is 35.9 Å². The molecular weight excluding hydrogens is 232 g/mol. The minimum atomic E-state index is 0.314. The van der Waals surface area contributed by atoms with E-state index >= 15 is 0 Å². The third kappa shape index (κ3) is 1.77. The third-order valence-corrected chi connectivity index (χ3v) is 5.30. The summed E-state index contributed by atoms with van der Waals surface area (Å²) in [6.07, 6.45) is 5.37. The Kier molecular flexibility index (Phi) is 2.56. The lowest BCUT2D eigenvalue weighted by atomic mass is 9.79. The van der Waals surface area contributed by atoms with Gasteiger partial charge < -0.3 is 0 Å². The molecule has 1 aliphatic carbocycles. The third-order valence-electron chi connectivity index (χ3n) is 5.30. The Balaban J connectivity index is 1.66. The molecule has 0 amide bonds. The Morgan fingerprint density at radius 2 is 1.84 bits per heavy atom. The van der Waals surface area contributed by atoms with Crippen molar-refractivity contribution in [1.82, 2.24) is 4.90 Å². The van der Waals surface area contributed by atoms with E-state index in [2.05, 4.69) is 42.2 Å². The molecule has 1 aromatic rings. The van der Waals surface area contributed by atoms with E-state index < -0.39 is 0 Å². The lowest BCUT2D eigenvalue weighted by Gasteiger charge is -2.47. The molecule has 3 heterocycles. The van der Waals surface area contributed by atoms with Crippen LogP contribution >= 0.6 is 0 Å². The van der Waals surface area contributed by atoms with Crippen molar-refractivity contribution in [1.29, 1.82) is 0 Å². The van der Waals surface area contributed by atoms with E-state index in [4.69, 9.17) is 4.99 Å². The predicted octanol–water partition coefficient (Wildman–Crippen LogP) is 3.45. The highest BCUT2D eigenvalue weighted by molar-refractivity contribution is 5.99. The molecule has 2 bridgehead atoms. The van der Waals surface area contributed by atoms with Gasteiger partial charge in [-0.1, -0.05) is 30.3 Å². The number of piperidine rings is 3. The smallest absolute Gasteiger partial charge is 0.0721 e. The second kappa shape index (κ2) is 4.17. The van der Waals surface area contributed by atoms with Gasteiger partial charge in [-0.2, -0.15) is 0 Å². The molecule has 1 atom stereocenters. The van der Waals surface area contributed by atoms with Crippen molar-refractivity contribution in [2.45, 2.75) is 44.2 Å². The van der Waals surface area contributed by atoms with Crippen molar-refractivity contribution in [3.8, 4) is 0 Å². The fourth-order valence-corrected chi connectivity index (χ4v) is 4.05. The highest BCUT2D eigenvalue weighted by Gasteiger charge is 2.58. The summed E-state index contributed by atoms with van der Waals surface area (Å²) in [5.74, 6) is 0.777. The van der Waals surface area contributed by atoms with E-state index in [-0.39, 0.29) is 0 Å². The average molecular weight is 254 g/mol. The molecule has 2 nitrogen and oxygen atoms in total. The summed E-state index contributed by atoms with van der Waals surface area (Å²) in [7, 11) is 0. The summed E-state index contributed by atoms with van der Waals surface area (Å²) in [4.78, 5) is 7.89. The molecule has 2 heteroatoms. The number of fused-ring (bicyclic) bond motifs is 2. The minimum absolute atomic E-state index is 0.314. The Morgan fingerprint density at radius 1 is 1.16 bits per heavy atom. The number of nitrogens with zero attached hydrogens (tertiary/aromatic N) is 2. The number of benzene rings is 1. The number of aliphatic imine (C=N–C) groups is 1. The maximum absolute atomic E-state index is 5.18. The van der Waals surface area contributed by atoms with Crippen LogP contribution in [0.2, 0.25) is 0 Å². The second-order valence-corrected chi connectivity index (χ2v) is 6.39. The van der Waals surface area contributed by atoms with Gasteiger partial charge >= 0.3 is 0 Å². The maximum atomic E-state index is 5.18. The van der Waals surface area contributed by atoms with Gasteiger partial charge in [-0.25, -0.2) is 0 Å². The molecule has 100 valence electrons. The van der Waals surface area contributed by atoms with Gasteiger partial charge in [-0.05, 0) is 51.3 Å². The summed E-state index contributed by atoms with van der Waals surface area (Å²) >= 11 is 0. The first-order valence-corrected chi connectivity index (χ1v) is 7.68. The first kappa shape index (κ1) is 11.7. The van der Waals surface area contributed by atoms with Crippen molar-refractivity contribution >= 4 is 5.71 Å². The monoisotopic (exact) mass is 254 g/mol. The van der Waals surface area contributed by atoms with Crippen molar-refractivity contribution in [2.24, 2.45) is 10.9 Å². The van der Waals surface area contributed by atoms with Gasteiger partial charge in [0.05, 0.1) is 11.6 Å². The maximum Gasteiger partial charge on any atom is 0.0721 e. The highest BCUT2D eigenvalue weighted by Crippen LogP contribution is 2.52. The molecular formula is C17H22N2. The standard InChI is InChI=1S/C17H22N2/c1-13(14-5-3-2-4-6-14)18-16-15-7-11-19(12-8-15)17(16)9-10-17/h2-6,13,15H,7-12H2,1H3/b18-16-/t13-/m0/s1. The van der Waals surface area contributed by atoms with Crippen LogP contribution in [-0.2, 0) is 0 Å². The predicted molar refractivity (Wildman–Crippen MR) is 78.6 cm³/mol. The van der Waals surface area contributed by atoms with Gasteiger partial charge in [0.1, 0.15) is 0 Å². The lowest BCUT2D eigenvalue weighted by Crippen LogP contribution is -2.57. The molecule has 0 unspecified atom stereocenters. The summed E-state index contributed by atoms with van der Waals surface area (Å²) in [6.45, 7) is 4.86. The van der Waals surface area contributed by atoms with E-state index in [0.29, 0.717) is 11.6 Å². The van der Waals surface area contributed by atoms with Crippen LogP contribution in [0, 0.1) is 5.92 Å². The minimum Gasteiger partial charge on any atom is -0.292 e. The van der Waals surface area contributed by atoms with Crippen molar-refractivity contribution in [3.63, 3.8) is 0 Å². The van der Waals surface area contributed by atoms with Gasteiger partial charge in [0, 0.05) is 11.6 Å². The molecule has 1 spiro atoms. The quantitative estimate of drug-likeness (QED) is 0.789. The summed E-state index contributed by atoms with van der Waals surface area (Å²) < 4.78 is 0. The first-order valence-electron chi connectivity index (χ1n) is 7.68. The Morgan fingerprint density at radius 3 is 2.47 bits per heavy atom. The Labute approximate surface area is 115 Å². The van der Waals surface area contributed by atoms with Gasteiger partial charge in [-0.3, -0.25) is 9.89 Å². The van der Waals surface area contributed by atoms with E-state index in [1.54, 1.807) is 5.71 Å². The Hall–Kier alpha value is -1.15. The number of hydrogen-bond donors (Lipinski definition) is 0. The van der Waals surface area contributed by atoms with E-state index in [1.165, 1.54) is 44.3 Å². The summed E-state index contributed by atoms with van der Waals surface area (Å²) in [5.41, 5.74) is 3.30. The zero-order valence-corrected chi connectivity index (χ0v) is 11.7. The molecule has 3 aliphatic heterocycles. The molecule has 4 fully saturated rings. The fraction of sp³-hybridized carbons (Fsp3) is 0.588.